The molecule has 0 unspecified atom stereocenters. The smallest absolute Gasteiger partial charge is 0.267 e. The fourth-order valence-electron chi connectivity index (χ4n) is 3.50. The third-order valence-corrected chi connectivity index (χ3v) is 8.52. The van der Waals surface area contributed by atoms with Gasteiger partial charge in [-0.3, -0.25) is 9.10 Å². The number of thiophene rings is 1. The maximum absolute atomic E-state index is 13.8. The third kappa shape index (κ3) is 4.55. The minimum absolute atomic E-state index is 0.00591. The summed E-state index contributed by atoms with van der Waals surface area (Å²) >= 11 is 1.13. The summed E-state index contributed by atoms with van der Waals surface area (Å²) in [4.78, 5) is 13.5. The molecular weight excluding hydrogens is 452 g/mol. The Balaban J connectivity index is 1.82. The molecule has 0 fully saturated rings. The normalized spacial score (nSPS) is 11.2. The molecule has 1 amide bonds. The molecule has 1 aromatic heterocycles. The Morgan fingerprint density at radius 2 is 1.52 bits per heavy atom. The molecule has 4 aromatic rings. The number of anilines is 2. The van der Waals surface area contributed by atoms with E-state index in [1.54, 1.807) is 29.6 Å². The van der Waals surface area contributed by atoms with Crippen LogP contribution in [0.1, 0.15) is 20.8 Å². The van der Waals surface area contributed by atoms with Crippen molar-refractivity contribution in [2.75, 3.05) is 16.7 Å². The minimum atomic E-state index is -4.03. The van der Waals surface area contributed by atoms with Crippen molar-refractivity contribution in [1.29, 1.82) is 0 Å². The summed E-state index contributed by atoms with van der Waals surface area (Å²) < 4.78 is 28.9. The number of hydrogen-bond donors (Lipinski definition) is 1. The predicted octanol–water partition coefficient (Wildman–Crippen LogP) is 6.11. The van der Waals surface area contributed by atoms with E-state index in [0.717, 1.165) is 28.0 Å². The van der Waals surface area contributed by atoms with E-state index in [4.69, 9.17) is 0 Å². The lowest BCUT2D eigenvalue weighted by atomic mass is 10.1. The summed E-state index contributed by atoms with van der Waals surface area (Å²) in [5.74, 6) is -0.453. The van der Waals surface area contributed by atoms with Gasteiger partial charge < -0.3 is 5.32 Å². The molecule has 7 heteroatoms. The van der Waals surface area contributed by atoms with Crippen LogP contribution in [0.15, 0.2) is 89.1 Å². The Morgan fingerprint density at radius 3 is 2.15 bits per heavy atom. The van der Waals surface area contributed by atoms with Crippen LogP contribution < -0.4 is 9.62 Å². The van der Waals surface area contributed by atoms with Crippen molar-refractivity contribution >= 4 is 38.6 Å². The summed E-state index contributed by atoms with van der Waals surface area (Å²) in [6.45, 7) is 3.96. The zero-order valence-electron chi connectivity index (χ0n) is 18.6. The molecule has 0 atom stereocenters. The SMILES string of the molecule is Cc1ccc(NC(=O)c2scc(-c3ccccc3)c2S(=O)(=O)N(C)c2ccccc2)cc1C. The molecule has 0 bridgehead atoms. The number of carbonyl (C=O) groups excluding carboxylic acids is 1. The van der Waals surface area contributed by atoms with Crippen molar-refractivity contribution < 1.29 is 13.2 Å². The van der Waals surface area contributed by atoms with E-state index < -0.39 is 15.9 Å². The molecule has 1 heterocycles. The number of benzene rings is 3. The summed E-state index contributed by atoms with van der Waals surface area (Å²) in [7, 11) is -2.53. The van der Waals surface area contributed by atoms with Crippen molar-refractivity contribution in [3.63, 3.8) is 0 Å². The zero-order valence-corrected chi connectivity index (χ0v) is 20.2. The van der Waals surface area contributed by atoms with Crippen LogP contribution in [0, 0.1) is 13.8 Å². The van der Waals surface area contributed by atoms with Crippen molar-refractivity contribution in [2.24, 2.45) is 0 Å². The van der Waals surface area contributed by atoms with Crippen LogP contribution >= 0.6 is 11.3 Å². The largest absolute Gasteiger partial charge is 0.321 e. The molecule has 0 saturated heterocycles. The summed E-state index contributed by atoms with van der Waals surface area (Å²) in [5, 5.41) is 4.60. The van der Waals surface area contributed by atoms with Gasteiger partial charge in [0.15, 0.2) is 0 Å². The number of aryl methyl sites for hydroxylation is 2. The zero-order chi connectivity index (χ0) is 23.6. The highest BCUT2D eigenvalue weighted by Crippen LogP contribution is 2.38. The number of para-hydroxylation sites is 1. The molecular formula is C26H24N2O3S2. The van der Waals surface area contributed by atoms with Crippen molar-refractivity contribution in [2.45, 2.75) is 18.7 Å². The van der Waals surface area contributed by atoms with E-state index in [9.17, 15) is 13.2 Å². The molecule has 1 N–H and O–H groups in total. The van der Waals surface area contributed by atoms with Crippen LogP contribution in [-0.4, -0.2) is 21.4 Å². The molecule has 0 spiro atoms. The maximum atomic E-state index is 13.8. The fraction of sp³-hybridized carbons (Fsp3) is 0.115. The highest BCUT2D eigenvalue weighted by molar-refractivity contribution is 7.93. The first kappa shape index (κ1) is 22.8. The topological polar surface area (TPSA) is 66.5 Å². The van der Waals surface area contributed by atoms with Gasteiger partial charge in [-0.15, -0.1) is 11.3 Å². The van der Waals surface area contributed by atoms with Crippen LogP contribution in [-0.2, 0) is 10.0 Å². The van der Waals surface area contributed by atoms with Crippen LogP contribution in [0.5, 0.6) is 0 Å². The third-order valence-electron chi connectivity index (χ3n) is 5.54. The molecule has 0 radical (unpaired) electrons. The second-order valence-corrected chi connectivity index (χ2v) is 10.5. The van der Waals surface area contributed by atoms with Crippen LogP contribution in [0.3, 0.4) is 0 Å². The average Bonchev–Trinajstić information content (AvgIpc) is 3.28. The van der Waals surface area contributed by atoms with E-state index in [2.05, 4.69) is 5.32 Å². The van der Waals surface area contributed by atoms with E-state index in [0.29, 0.717) is 16.9 Å². The Labute approximate surface area is 198 Å². The second-order valence-electron chi connectivity index (χ2n) is 7.73. The van der Waals surface area contributed by atoms with Gasteiger partial charge in [-0.05, 0) is 54.8 Å². The molecule has 0 aliphatic rings. The first-order valence-corrected chi connectivity index (χ1v) is 12.7. The molecule has 33 heavy (non-hydrogen) atoms. The van der Waals surface area contributed by atoms with Crippen LogP contribution in [0.25, 0.3) is 11.1 Å². The van der Waals surface area contributed by atoms with E-state index in [-0.39, 0.29) is 9.77 Å². The molecule has 3 aromatic carbocycles. The number of hydrogen-bond acceptors (Lipinski definition) is 4. The Bertz CT molecular complexity index is 1400. The van der Waals surface area contributed by atoms with Crippen LogP contribution in [0.4, 0.5) is 11.4 Å². The molecule has 5 nitrogen and oxygen atoms in total. The van der Waals surface area contributed by atoms with Gasteiger partial charge in [-0.25, -0.2) is 8.42 Å². The highest BCUT2D eigenvalue weighted by atomic mass is 32.2. The monoisotopic (exact) mass is 476 g/mol. The van der Waals surface area contributed by atoms with Gasteiger partial charge in [0.25, 0.3) is 15.9 Å². The quantitative estimate of drug-likeness (QED) is 0.365. The number of amides is 1. The van der Waals surface area contributed by atoms with Crippen molar-refractivity contribution in [1.82, 2.24) is 0 Å². The Hall–Kier alpha value is -3.42. The number of carbonyl (C=O) groups is 1. The average molecular weight is 477 g/mol. The minimum Gasteiger partial charge on any atom is -0.321 e. The van der Waals surface area contributed by atoms with Gasteiger partial charge in [0.05, 0.1) is 5.69 Å². The van der Waals surface area contributed by atoms with Gasteiger partial charge in [-0.2, -0.15) is 0 Å². The molecule has 0 aliphatic heterocycles. The van der Waals surface area contributed by atoms with Crippen molar-refractivity contribution in [3.05, 3.63) is 100 Å². The summed E-state index contributed by atoms with van der Waals surface area (Å²) in [6, 6.07) is 23.7. The Kier molecular flexibility index (Phi) is 6.35. The second kappa shape index (κ2) is 9.21. The number of nitrogens with zero attached hydrogens (tertiary/aromatic N) is 1. The highest BCUT2D eigenvalue weighted by Gasteiger charge is 2.32. The lowest BCUT2D eigenvalue weighted by molar-refractivity contribution is 0.102. The van der Waals surface area contributed by atoms with Gasteiger partial charge in [0.1, 0.15) is 9.77 Å². The van der Waals surface area contributed by atoms with Gasteiger partial charge in [0, 0.05) is 23.7 Å². The molecule has 0 aliphatic carbocycles. The van der Waals surface area contributed by atoms with Crippen molar-refractivity contribution in [3.8, 4) is 11.1 Å². The summed E-state index contributed by atoms with van der Waals surface area (Å²) in [5.41, 5.74) is 4.54. The first-order valence-electron chi connectivity index (χ1n) is 10.4. The van der Waals surface area contributed by atoms with Gasteiger partial charge >= 0.3 is 0 Å². The predicted molar refractivity (Wildman–Crippen MR) is 136 cm³/mol. The number of nitrogens with one attached hydrogen (secondary N) is 1. The lowest BCUT2D eigenvalue weighted by Gasteiger charge is -2.21. The van der Waals surface area contributed by atoms with Gasteiger partial charge in [0.2, 0.25) is 0 Å². The molecule has 4 rings (SSSR count). The Morgan fingerprint density at radius 1 is 0.879 bits per heavy atom. The first-order chi connectivity index (χ1) is 15.8. The van der Waals surface area contributed by atoms with E-state index in [1.807, 2.05) is 68.4 Å². The standard InChI is InChI=1S/C26H24N2O3S2/c1-18-14-15-21(16-19(18)2)27-26(29)24-25(23(17-32-24)20-10-6-4-7-11-20)33(30,31)28(3)22-12-8-5-9-13-22/h4-17H,1-3H3,(H,27,29). The molecule has 168 valence electrons. The van der Waals surface area contributed by atoms with E-state index >= 15 is 0 Å². The van der Waals surface area contributed by atoms with Gasteiger partial charge in [-0.1, -0.05) is 54.6 Å². The lowest BCUT2D eigenvalue weighted by Crippen LogP contribution is -2.28. The fourth-order valence-corrected chi connectivity index (χ4v) is 6.35. The molecule has 0 saturated carbocycles. The van der Waals surface area contributed by atoms with Crippen LogP contribution in [0.2, 0.25) is 0 Å². The number of rotatable bonds is 6. The summed E-state index contributed by atoms with van der Waals surface area (Å²) in [6.07, 6.45) is 0. The van der Waals surface area contributed by atoms with E-state index in [1.165, 1.54) is 11.4 Å². The number of sulfonamides is 1. The maximum Gasteiger partial charge on any atom is 0.267 e.